The van der Waals surface area contributed by atoms with E-state index in [1.54, 1.807) is 6.07 Å². The summed E-state index contributed by atoms with van der Waals surface area (Å²) in [5.41, 5.74) is 4.15. The average molecular weight is 298 g/mol. The van der Waals surface area contributed by atoms with Crippen molar-refractivity contribution in [3.8, 4) is 0 Å². The van der Waals surface area contributed by atoms with Crippen LogP contribution >= 0.6 is 11.6 Å². The fourth-order valence-electron chi connectivity index (χ4n) is 3.46. The van der Waals surface area contributed by atoms with Gasteiger partial charge >= 0.3 is 0 Å². The molecular weight excluding hydrogens is 282 g/mol. The summed E-state index contributed by atoms with van der Waals surface area (Å²) < 4.78 is 5.62. The summed E-state index contributed by atoms with van der Waals surface area (Å²) in [5.74, 6) is 0.848. The molecule has 0 saturated carbocycles. The molecule has 1 aromatic heterocycles. The average Bonchev–Trinajstić information content (AvgIpc) is 3.10. The van der Waals surface area contributed by atoms with Crippen LogP contribution in [0.15, 0.2) is 46.9 Å². The van der Waals surface area contributed by atoms with E-state index in [4.69, 9.17) is 16.0 Å². The highest BCUT2D eigenvalue weighted by Crippen LogP contribution is 2.37. The van der Waals surface area contributed by atoms with Crippen molar-refractivity contribution in [1.82, 2.24) is 5.32 Å². The van der Waals surface area contributed by atoms with Crippen molar-refractivity contribution in [3.63, 3.8) is 0 Å². The minimum Gasteiger partial charge on any atom is -0.448 e. The first-order valence-electron chi connectivity index (χ1n) is 7.24. The SMILES string of the molecule is CNC(c1ccc(Cl)o1)c1ccc2c3c(cccc13)CC2. The van der Waals surface area contributed by atoms with E-state index >= 15 is 0 Å². The van der Waals surface area contributed by atoms with Crippen LogP contribution in [-0.4, -0.2) is 7.05 Å². The minimum absolute atomic E-state index is 0.0161. The minimum atomic E-state index is 0.0161. The van der Waals surface area contributed by atoms with Crippen molar-refractivity contribution in [1.29, 1.82) is 0 Å². The van der Waals surface area contributed by atoms with Crippen molar-refractivity contribution in [2.24, 2.45) is 0 Å². The van der Waals surface area contributed by atoms with Crippen LogP contribution in [0.5, 0.6) is 0 Å². The molecule has 0 bridgehead atoms. The van der Waals surface area contributed by atoms with E-state index in [1.165, 1.54) is 27.5 Å². The topological polar surface area (TPSA) is 25.2 Å². The third kappa shape index (κ3) is 1.98. The molecule has 106 valence electrons. The summed E-state index contributed by atoms with van der Waals surface area (Å²) in [5, 5.41) is 6.51. The van der Waals surface area contributed by atoms with Crippen molar-refractivity contribution in [3.05, 3.63) is 70.1 Å². The fourth-order valence-corrected chi connectivity index (χ4v) is 3.61. The largest absolute Gasteiger partial charge is 0.448 e. The van der Waals surface area contributed by atoms with Crippen molar-refractivity contribution in [2.75, 3.05) is 7.05 Å². The number of furan rings is 1. The van der Waals surface area contributed by atoms with Crippen LogP contribution in [0.2, 0.25) is 5.22 Å². The van der Waals surface area contributed by atoms with Gasteiger partial charge in [0.15, 0.2) is 5.22 Å². The van der Waals surface area contributed by atoms with Gasteiger partial charge < -0.3 is 9.73 Å². The molecule has 1 heterocycles. The van der Waals surface area contributed by atoms with Crippen LogP contribution < -0.4 is 5.32 Å². The first kappa shape index (κ1) is 12.9. The molecule has 3 aromatic rings. The molecule has 0 aliphatic heterocycles. The van der Waals surface area contributed by atoms with E-state index < -0.39 is 0 Å². The third-order valence-corrected chi connectivity index (χ3v) is 4.59. The van der Waals surface area contributed by atoms with Gasteiger partial charge in [0.1, 0.15) is 5.76 Å². The first-order valence-corrected chi connectivity index (χ1v) is 7.61. The van der Waals surface area contributed by atoms with Gasteiger partial charge in [0.2, 0.25) is 0 Å². The van der Waals surface area contributed by atoms with E-state index in [1.807, 2.05) is 13.1 Å². The number of halogens is 1. The quantitative estimate of drug-likeness (QED) is 0.770. The second-order valence-corrected chi connectivity index (χ2v) is 5.89. The number of hydrogen-bond acceptors (Lipinski definition) is 2. The Morgan fingerprint density at radius 2 is 1.86 bits per heavy atom. The van der Waals surface area contributed by atoms with Gasteiger partial charge in [-0.2, -0.15) is 0 Å². The molecule has 0 fully saturated rings. The van der Waals surface area contributed by atoms with Crippen LogP contribution in [0, 0.1) is 0 Å². The molecule has 2 nitrogen and oxygen atoms in total. The highest BCUT2D eigenvalue weighted by molar-refractivity contribution is 6.28. The van der Waals surface area contributed by atoms with Crippen LogP contribution in [0.1, 0.15) is 28.5 Å². The van der Waals surface area contributed by atoms with Crippen molar-refractivity contribution >= 4 is 22.4 Å². The Morgan fingerprint density at radius 3 is 2.57 bits per heavy atom. The first-order chi connectivity index (χ1) is 10.3. The zero-order chi connectivity index (χ0) is 14.4. The van der Waals surface area contributed by atoms with Crippen molar-refractivity contribution < 1.29 is 4.42 Å². The molecule has 4 rings (SSSR count). The van der Waals surface area contributed by atoms with E-state index in [9.17, 15) is 0 Å². The van der Waals surface area contributed by atoms with Gasteiger partial charge in [-0.15, -0.1) is 0 Å². The third-order valence-electron chi connectivity index (χ3n) is 4.39. The highest BCUT2D eigenvalue weighted by Gasteiger charge is 2.22. The Kier molecular flexibility index (Phi) is 3.02. The molecule has 1 unspecified atom stereocenters. The van der Waals surface area contributed by atoms with Gasteiger partial charge in [0.25, 0.3) is 0 Å². The van der Waals surface area contributed by atoms with Crippen LogP contribution in [-0.2, 0) is 12.8 Å². The number of benzene rings is 2. The van der Waals surface area contributed by atoms with Gasteiger partial charge in [-0.3, -0.25) is 0 Å². The van der Waals surface area contributed by atoms with Crippen LogP contribution in [0.3, 0.4) is 0 Å². The second-order valence-electron chi connectivity index (χ2n) is 5.52. The summed E-state index contributed by atoms with van der Waals surface area (Å²) in [7, 11) is 1.95. The van der Waals surface area contributed by atoms with Crippen molar-refractivity contribution in [2.45, 2.75) is 18.9 Å². The predicted octanol–water partition coefficient (Wildman–Crippen LogP) is 4.49. The highest BCUT2D eigenvalue weighted by atomic mass is 35.5. The molecule has 1 atom stereocenters. The van der Waals surface area contributed by atoms with Crippen LogP contribution in [0.25, 0.3) is 10.8 Å². The van der Waals surface area contributed by atoms with Gasteiger partial charge in [0.05, 0.1) is 6.04 Å². The smallest absolute Gasteiger partial charge is 0.193 e. The van der Waals surface area contributed by atoms with Gasteiger partial charge in [0, 0.05) is 0 Å². The lowest BCUT2D eigenvalue weighted by Gasteiger charge is -2.17. The molecule has 2 aromatic carbocycles. The zero-order valence-corrected chi connectivity index (χ0v) is 12.6. The van der Waals surface area contributed by atoms with Gasteiger partial charge in [-0.05, 0) is 71.1 Å². The second kappa shape index (κ2) is 4.90. The number of rotatable bonds is 3. The maximum atomic E-state index is 5.93. The molecule has 3 heteroatoms. The number of hydrogen-bond donors (Lipinski definition) is 1. The molecule has 0 spiro atoms. The summed E-state index contributed by atoms with van der Waals surface area (Å²) in [4.78, 5) is 0. The Bertz CT molecular complexity index is 811. The lowest BCUT2D eigenvalue weighted by molar-refractivity contribution is 0.466. The Balaban J connectivity index is 1.94. The Hall–Kier alpha value is -1.77. The molecule has 0 amide bonds. The molecular formula is C18H16ClNO. The normalized spacial score (nSPS) is 14.8. The van der Waals surface area contributed by atoms with E-state index in [0.29, 0.717) is 5.22 Å². The number of nitrogens with one attached hydrogen (secondary N) is 1. The summed E-state index contributed by atoms with van der Waals surface area (Å²) in [6.07, 6.45) is 2.29. The van der Waals surface area contributed by atoms with E-state index in [2.05, 4.69) is 35.6 Å². The monoisotopic (exact) mass is 297 g/mol. The molecule has 1 aliphatic rings. The Morgan fingerprint density at radius 1 is 1.05 bits per heavy atom. The Labute approximate surface area is 128 Å². The lowest BCUT2D eigenvalue weighted by atomic mass is 9.94. The summed E-state index contributed by atoms with van der Waals surface area (Å²) in [6, 6.07) is 14.8. The number of aryl methyl sites for hydroxylation is 2. The zero-order valence-electron chi connectivity index (χ0n) is 11.8. The fraction of sp³-hybridized carbons (Fsp3) is 0.222. The van der Waals surface area contributed by atoms with Gasteiger partial charge in [-0.1, -0.05) is 30.3 Å². The molecule has 1 aliphatic carbocycles. The molecule has 1 N–H and O–H groups in total. The van der Waals surface area contributed by atoms with E-state index in [-0.39, 0.29) is 6.04 Å². The predicted molar refractivity (Wildman–Crippen MR) is 86.0 cm³/mol. The molecule has 0 radical (unpaired) electrons. The lowest BCUT2D eigenvalue weighted by Crippen LogP contribution is -2.17. The molecule has 0 saturated heterocycles. The maximum Gasteiger partial charge on any atom is 0.193 e. The van der Waals surface area contributed by atoms with E-state index in [0.717, 1.165) is 18.6 Å². The molecule has 21 heavy (non-hydrogen) atoms. The standard InChI is InChI=1S/C18H16ClNO/c1-20-18(15-9-10-16(19)21-15)14-8-7-12-6-5-11-3-2-4-13(14)17(11)12/h2-4,7-10,18,20H,5-6H2,1H3. The van der Waals surface area contributed by atoms with Gasteiger partial charge in [-0.25, -0.2) is 0 Å². The summed E-state index contributed by atoms with van der Waals surface area (Å²) >= 11 is 5.93. The maximum absolute atomic E-state index is 5.93. The summed E-state index contributed by atoms with van der Waals surface area (Å²) in [6.45, 7) is 0. The van der Waals surface area contributed by atoms with Crippen LogP contribution in [0.4, 0.5) is 0 Å².